The first-order valence-corrected chi connectivity index (χ1v) is 9.61. The Labute approximate surface area is 119 Å². The molecule has 0 spiro atoms. The molecule has 2 saturated heterocycles. The first-order valence-electron chi connectivity index (χ1n) is 6.74. The molecule has 2 aliphatic heterocycles. The predicted molar refractivity (Wildman–Crippen MR) is 78.2 cm³/mol. The normalized spacial score (nSPS) is 35.1. The summed E-state index contributed by atoms with van der Waals surface area (Å²) in [5, 5.41) is 3.58. The monoisotopic (exact) mass is 306 g/mol. The zero-order valence-electron chi connectivity index (χ0n) is 11.5. The van der Waals surface area contributed by atoms with Crippen LogP contribution in [0.1, 0.15) is 20.3 Å². The molecule has 0 saturated carbocycles. The van der Waals surface area contributed by atoms with Crippen LogP contribution in [-0.4, -0.2) is 66.9 Å². The molecule has 2 fully saturated rings. The SMILES string of the molecule is CC1SCCN(C(=O)CC2CS(=O)(=O)CCN2)C1C. The van der Waals surface area contributed by atoms with Crippen molar-refractivity contribution in [3.8, 4) is 0 Å². The Kier molecular flexibility index (Phi) is 4.79. The van der Waals surface area contributed by atoms with Crippen molar-refractivity contribution in [2.45, 2.75) is 37.6 Å². The summed E-state index contributed by atoms with van der Waals surface area (Å²) in [6.45, 7) is 5.44. The van der Waals surface area contributed by atoms with Crippen molar-refractivity contribution in [1.82, 2.24) is 10.2 Å². The predicted octanol–water partition coefficient (Wildman–Crippen LogP) is 0.116. The first kappa shape index (κ1) is 15.1. The summed E-state index contributed by atoms with van der Waals surface area (Å²) in [4.78, 5) is 14.2. The largest absolute Gasteiger partial charge is 0.338 e. The Bertz CT molecular complexity index is 438. The van der Waals surface area contributed by atoms with E-state index < -0.39 is 9.84 Å². The number of nitrogens with zero attached hydrogens (tertiary/aromatic N) is 1. The van der Waals surface area contributed by atoms with Gasteiger partial charge < -0.3 is 10.2 Å². The van der Waals surface area contributed by atoms with Gasteiger partial charge in [-0.3, -0.25) is 4.79 Å². The van der Waals surface area contributed by atoms with Gasteiger partial charge in [-0.15, -0.1) is 0 Å². The van der Waals surface area contributed by atoms with Gasteiger partial charge in [0.1, 0.15) is 0 Å². The van der Waals surface area contributed by atoms with Crippen LogP contribution in [0.3, 0.4) is 0 Å². The number of thioether (sulfide) groups is 1. The molecule has 19 heavy (non-hydrogen) atoms. The van der Waals surface area contributed by atoms with Gasteiger partial charge in [-0.25, -0.2) is 8.42 Å². The average molecular weight is 306 g/mol. The van der Waals surface area contributed by atoms with Crippen molar-refractivity contribution in [1.29, 1.82) is 0 Å². The van der Waals surface area contributed by atoms with Crippen molar-refractivity contribution in [2.75, 3.05) is 30.3 Å². The maximum absolute atomic E-state index is 12.3. The average Bonchev–Trinajstić information content (AvgIpc) is 2.31. The van der Waals surface area contributed by atoms with Crippen molar-refractivity contribution in [3.05, 3.63) is 0 Å². The molecule has 0 aromatic rings. The maximum atomic E-state index is 12.3. The lowest BCUT2D eigenvalue weighted by molar-refractivity contribution is -0.133. The quantitative estimate of drug-likeness (QED) is 0.785. The van der Waals surface area contributed by atoms with Crippen molar-refractivity contribution < 1.29 is 13.2 Å². The van der Waals surface area contributed by atoms with Crippen LogP contribution in [0.15, 0.2) is 0 Å². The smallest absolute Gasteiger partial charge is 0.224 e. The van der Waals surface area contributed by atoms with Crippen molar-refractivity contribution in [3.63, 3.8) is 0 Å². The summed E-state index contributed by atoms with van der Waals surface area (Å²) >= 11 is 1.89. The fourth-order valence-corrected chi connectivity index (χ4v) is 5.16. The number of amides is 1. The third-order valence-corrected chi connectivity index (χ3v) is 7.00. The zero-order chi connectivity index (χ0) is 14.0. The van der Waals surface area contributed by atoms with Crippen LogP contribution >= 0.6 is 11.8 Å². The van der Waals surface area contributed by atoms with Crippen LogP contribution in [0, 0.1) is 0 Å². The van der Waals surface area contributed by atoms with Gasteiger partial charge in [0.2, 0.25) is 5.91 Å². The Morgan fingerprint density at radius 1 is 1.42 bits per heavy atom. The minimum Gasteiger partial charge on any atom is -0.338 e. The van der Waals surface area contributed by atoms with E-state index in [0.29, 0.717) is 18.2 Å². The third-order valence-electron chi connectivity index (χ3n) is 3.93. The van der Waals surface area contributed by atoms with E-state index in [1.165, 1.54) is 0 Å². The number of rotatable bonds is 2. The molecule has 0 bridgehead atoms. The molecular formula is C12H22N2O3S2. The lowest BCUT2D eigenvalue weighted by atomic mass is 10.1. The van der Waals surface area contributed by atoms with E-state index in [-0.39, 0.29) is 29.5 Å². The van der Waals surface area contributed by atoms with E-state index in [0.717, 1.165) is 12.3 Å². The summed E-state index contributed by atoms with van der Waals surface area (Å²) in [6, 6.07) is 0.00906. The molecule has 0 radical (unpaired) electrons. The minimum atomic E-state index is -2.97. The molecule has 3 unspecified atom stereocenters. The van der Waals surface area contributed by atoms with Gasteiger partial charge in [-0.05, 0) is 6.92 Å². The highest BCUT2D eigenvalue weighted by molar-refractivity contribution is 8.00. The van der Waals surface area contributed by atoms with E-state index in [9.17, 15) is 13.2 Å². The summed E-state index contributed by atoms with van der Waals surface area (Å²) in [6.07, 6.45) is 0.293. The Balaban J connectivity index is 1.93. The van der Waals surface area contributed by atoms with Gasteiger partial charge >= 0.3 is 0 Å². The highest BCUT2D eigenvalue weighted by Crippen LogP contribution is 2.25. The van der Waals surface area contributed by atoms with Crippen LogP contribution in [-0.2, 0) is 14.6 Å². The summed E-state index contributed by atoms with van der Waals surface area (Å²) in [7, 11) is -2.97. The highest BCUT2D eigenvalue weighted by Gasteiger charge is 2.32. The van der Waals surface area contributed by atoms with Crippen LogP contribution in [0.25, 0.3) is 0 Å². The minimum absolute atomic E-state index is 0.0780. The second kappa shape index (κ2) is 6.01. The third kappa shape index (κ3) is 3.86. The first-order chi connectivity index (χ1) is 8.89. The summed E-state index contributed by atoms with van der Waals surface area (Å²) < 4.78 is 23.1. The van der Waals surface area contributed by atoms with Crippen molar-refractivity contribution >= 4 is 27.5 Å². The number of carbonyl (C=O) groups is 1. The van der Waals surface area contributed by atoms with E-state index in [4.69, 9.17) is 0 Å². The molecule has 2 aliphatic rings. The van der Waals surface area contributed by atoms with Crippen LogP contribution in [0.4, 0.5) is 0 Å². The topological polar surface area (TPSA) is 66.5 Å². The molecule has 1 amide bonds. The lowest BCUT2D eigenvalue weighted by Gasteiger charge is -2.38. The molecule has 2 heterocycles. The van der Waals surface area contributed by atoms with E-state index >= 15 is 0 Å². The molecule has 2 rings (SSSR count). The number of carbonyl (C=O) groups excluding carboxylic acids is 1. The fourth-order valence-electron chi connectivity index (χ4n) is 2.61. The highest BCUT2D eigenvalue weighted by atomic mass is 32.2. The van der Waals surface area contributed by atoms with E-state index in [1.807, 2.05) is 16.7 Å². The molecular weight excluding hydrogens is 284 g/mol. The van der Waals surface area contributed by atoms with Crippen molar-refractivity contribution in [2.24, 2.45) is 0 Å². The van der Waals surface area contributed by atoms with Crippen LogP contribution in [0.2, 0.25) is 0 Å². The standard InChI is InChI=1S/C12H22N2O3S2/c1-9-10(2)18-5-4-14(9)12(15)7-11-8-19(16,17)6-3-13-11/h9-11,13H,3-8H2,1-2H3. The summed E-state index contributed by atoms with van der Waals surface area (Å²) in [5.74, 6) is 1.32. The van der Waals surface area contributed by atoms with Crippen LogP contribution in [0.5, 0.6) is 0 Å². The van der Waals surface area contributed by atoms with Gasteiger partial charge in [0.25, 0.3) is 0 Å². The maximum Gasteiger partial charge on any atom is 0.224 e. The number of hydrogen-bond acceptors (Lipinski definition) is 5. The van der Waals surface area contributed by atoms with Gasteiger partial charge in [-0.2, -0.15) is 11.8 Å². The Morgan fingerprint density at radius 3 is 2.84 bits per heavy atom. The number of sulfone groups is 1. The molecule has 5 nitrogen and oxygen atoms in total. The molecule has 0 aromatic carbocycles. The Hall–Kier alpha value is -0.270. The molecule has 0 aromatic heterocycles. The van der Waals surface area contributed by atoms with Gasteiger partial charge in [0.15, 0.2) is 9.84 Å². The molecule has 3 atom stereocenters. The molecule has 7 heteroatoms. The zero-order valence-corrected chi connectivity index (χ0v) is 13.1. The van der Waals surface area contributed by atoms with E-state index in [2.05, 4.69) is 19.2 Å². The molecule has 0 aliphatic carbocycles. The van der Waals surface area contributed by atoms with Crippen LogP contribution < -0.4 is 5.32 Å². The van der Waals surface area contributed by atoms with E-state index in [1.54, 1.807) is 0 Å². The fraction of sp³-hybridized carbons (Fsp3) is 0.917. The van der Waals surface area contributed by atoms with Gasteiger partial charge in [0.05, 0.1) is 11.5 Å². The number of hydrogen-bond donors (Lipinski definition) is 1. The lowest BCUT2D eigenvalue weighted by Crippen LogP contribution is -2.52. The summed E-state index contributed by atoms with van der Waals surface area (Å²) in [5.41, 5.74) is 0. The second-order valence-electron chi connectivity index (χ2n) is 5.37. The second-order valence-corrected chi connectivity index (χ2v) is 9.09. The molecule has 1 N–H and O–H groups in total. The Morgan fingerprint density at radius 2 is 2.16 bits per heavy atom. The number of nitrogens with one attached hydrogen (secondary N) is 1. The molecule has 110 valence electrons. The van der Waals surface area contributed by atoms with Gasteiger partial charge in [0, 0.05) is 42.6 Å². The van der Waals surface area contributed by atoms with Gasteiger partial charge in [-0.1, -0.05) is 6.92 Å².